The zero-order chi connectivity index (χ0) is 37.6. The van der Waals surface area contributed by atoms with E-state index in [1.807, 2.05) is 6.92 Å². The smallest absolute Gasteiger partial charge is 0.303 e. The highest BCUT2D eigenvalue weighted by atomic mass is 32.2. The molecule has 0 bridgehead atoms. The number of nitrogens with zero attached hydrogens (tertiary/aromatic N) is 4. The minimum absolute atomic E-state index is 0.101. The summed E-state index contributed by atoms with van der Waals surface area (Å²) in [6, 6.07) is 6.54. The van der Waals surface area contributed by atoms with Crippen molar-refractivity contribution in [3.05, 3.63) is 63.9 Å². The van der Waals surface area contributed by atoms with Crippen LogP contribution in [0.5, 0.6) is 5.75 Å². The number of hydrogen-bond donors (Lipinski definition) is 1. The molecule has 1 aromatic heterocycles. The van der Waals surface area contributed by atoms with E-state index in [0.29, 0.717) is 64.0 Å². The van der Waals surface area contributed by atoms with E-state index in [0.717, 1.165) is 75.8 Å². The summed E-state index contributed by atoms with van der Waals surface area (Å²) in [6.45, 7) is 9.18. The number of benzene rings is 1. The lowest BCUT2D eigenvalue weighted by molar-refractivity contribution is -0.136. The number of methoxy groups -OCH3 is 1. The minimum Gasteiger partial charge on any atom is -0.496 e. The van der Waals surface area contributed by atoms with Crippen LogP contribution in [0.2, 0.25) is 0 Å². The molecule has 4 fully saturated rings. The molecule has 54 heavy (non-hydrogen) atoms. The number of carbonyl (C=O) groups excluding carboxylic acids is 2. The number of hydrogen-bond acceptors (Lipinski definition) is 8. The van der Waals surface area contributed by atoms with Gasteiger partial charge in [0.1, 0.15) is 5.75 Å². The number of likely N-dealkylation sites (tertiary alicyclic amines) is 2. The molecule has 5 heterocycles. The van der Waals surface area contributed by atoms with E-state index in [-0.39, 0.29) is 28.6 Å². The van der Waals surface area contributed by atoms with Gasteiger partial charge < -0.3 is 23.7 Å². The SMILES string of the molecule is CCOCCN1CC23COCC2(C1)CN(C(=O)[C@@H]1CC=CC2=C4C(=C4C(=O)NS(=O)(=O)N(C)C)Cn4c(cc5c(OC)ccc(C6CCCCC6)c54)[C@H]21)C3. The summed E-state index contributed by atoms with van der Waals surface area (Å²) in [6.07, 6.45) is 10.6. The van der Waals surface area contributed by atoms with Crippen molar-refractivity contribution in [2.75, 3.05) is 80.4 Å². The average molecular weight is 760 g/mol. The first-order valence-electron chi connectivity index (χ1n) is 19.8. The van der Waals surface area contributed by atoms with Gasteiger partial charge in [-0.15, -0.1) is 0 Å². The minimum atomic E-state index is -4.01. The van der Waals surface area contributed by atoms with Gasteiger partial charge in [0.05, 0.1) is 43.9 Å². The molecule has 2 aromatic rings. The summed E-state index contributed by atoms with van der Waals surface area (Å²) < 4.78 is 49.1. The first-order chi connectivity index (χ1) is 26.0. The van der Waals surface area contributed by atoms with E-state index in [1.54, 1.807) is 7.11 Å². The lowest BCUT2D eigenvalue weighted by Gasteiger charge is -2.35. The third-order valence-electron chi connectivity index (χ3n) is 13.7. The topological polar surface area (TPSA) is 123 Å². The van der Waals surface area contributed by atoms with Gasteiger partial charge in [-0.3, -0.25) is 14.5 Å². The van der Waals surface area contributed by atoms with Crippen LogP contribution in [-0.2, 0) is 35.8 Å². The Hall–Kier alpha value is -3.49. The van der Waals surface area contributed by atoms with Crippen molar-refractivity contribution in [2.24, 2.45) is 16.7 Å². The normalized spacial score (nSPS) is 29.3. The molecule has 4 atom stereocenters. The molecule has 0 radical (unpaired) electrons. The third-order valence-corrected chi connectivity index (χ3v) is 15.1. The van der Waals surface area contributed by atoms with Gasteiger partial charge in [0.25, 0.3) is 5.91 Å². The van der Waals surface area contributed by atoms with Crippen molar-refractivity contribution < 1.29 is 32.2 Å². The molecular formula is C41H53N5O7S. The van der Waals surface area contributed by atoms with Gasteiger partial charge in [-0.2, -0.15) is 12.7 Å². The molecule has 1 N–H and O–H groups in total. The molecule has 9 rings (SSSR count). The highest BCUT2D eigenvalue weighted by molar-refractivity contribution is 7.87. The van der Waals surface area contributed by atoms with Crippen LogP contribution in [-0.4, -0.2) is 119 Å². The van der Waals surface area contributed by atoms with Crippen LogP contribution in [0.4, 0.5) is 0 Å². The van der Waals surface area contributed by atoms with Crippen LogP contribution in [0.15, 0.2) is 52.6 Å². The maximum absolute atomic E-state index is 15.2. The third kappa shape index (κ3) is 5.55. The number of carbonyl (C=O) groups is 2. The molecule has 290 valence electrons. The summed E-state index contributed by atoms with van der Waals surface area (Å²) in [7, 11) is 0.502. The molecule has 2 amide bonds. The van der Waals surface area contributed by atoms with E-state index in [9.17, 15) is 13.2 Å². The van der Waals surface area contributed by atoms with Crippen LogP contribution < -0.4 is 9.46 Å². The lowest BCUT2D eigenvalue weighted by Crippen LogP contribution is -2.43. The van der Waals surface area contributed by atoms with E-state index < -0.39 is 16.1 Å². The van der Waals surface area contributed by atoms with Crippen molar-refractivity contribution in [1.29, 1.82) is 0 Å². The molecule has 13 heteroatoms. The number of fused-ring (bicyclic) bond motifs is 6. The molecule has 7 aliphatic rings. The molecule has 4 aliphatic heterocycles. The second-order valence-electron chi connectivity index (χ2n) is 16.9. The largest absolute Gasteiger partial charge is 0.496 e. The summed E-state index contributed by atoms with van der Waals surface area (Å²) in [5, 5.41) is 1.02. The highest BCUT2D eigenvalue weighted by Gasteiger charge is 2.67. The van der Waals surface area contributed by atoms with Crippen LogP contribution in [0.25, 0.3) is 10.9 Å². The van der Waals surface area contributed by atoms with Gasteiger partial charge in [-0.05, 0) is 66.5 Å². The summed E-state index contributed by atoms with van der Waals surface area (Å²) >= 11 is 0. The number of rotatable bonds is 10. The fourth-order valence-corrected chi connectivity index (χ4v) is 11.6. The van der Waals surface area contributed by atoms with E-state index in [1.165, 1.54) is 38.9 Å². The molecular weight excluding hydrogens is 707 g/mol. The quantitative estimate of drug-likeness (QED) is 0.360. The Bertz CT molecular complexity index is 2090. The Kier molecular flexibility index (Phi) is 8.92. The van der Waals surface area contributed by atoms with Gasteiger partial charge in [0.15, 0.2) is 0 Å². The number of ether oxygens (including phenoxy) is 3. The number of aromatic nitrogens is 1. The van der Waals surface area contributed by atoms with Crippen molar-refractivity contribution in [1.82, 2.24) is 23.4 Å². The number of allylic oxidation sites excluding steroid dienone is 4. The maximum atomic E-state index is 15.2. The fourth-order valence-electron chi connectivity index (χ4n) is 11.1. The van der Waals surface area contributed by atoms with Crippen molar-refractivity contribution in [3.63, 3.8) is 0 Å². The lowest BCUT2D eigenvalue weighted by atomic mass is 9.71. The molecule has 1 saturated carbocycles. The maximum Gasteiger partial charge on any atom is 0.303 e. The van der Waals surface area contributed by atoms with Crippen LogP contribution in [0.3, 0.4) is 0 Å². The van der Waals surface area contributed by atoms with Gasteiger partial charge in [-0.1, -0.05) is 37.5 Å². The molecule has 12 nitrogen and oxygen atoms in total. The van der Waals surface area contributed by atoms with Crippen molar-refractivity contribution in [2.45, 2.75) is 63.8 Å². The van der Waals surface area contributed by atoms with Gasteiger partial charge in [0, 0.05) is 87.8 Å². The van der Waals surface area contributed by atoms with Gasteiger partial charge >= 0.3 is 10.2 Å². The predicted molar refractivity (Wildman–Crippen MR) is 204 cm³/mol. The first kappa shape index (κ1) is 36.2. The molecule has 0 spiro atoms. The number of nitrogens with one attached hydrogen (secondary N) is 1. The van der Waals surface area contributed by atoms with Crippen molar-refractivity contribution >= 4 is 32.9 Å². The Balaban J connectivity index is 1.13. The molecule has 3 saturated heterocycles. The predicted octanol–water partition coefficient (Wildman–Crippen LogP) is 4.10. The van der Waals surface area contributed by atoms with E-state index in [4.69, 9.17) is 14.2 Å². The second-order valence-corrected chi connectivity index (χ2v) is 18.8. The monoisotopic (exact) mass is 759 g/mol. The van der Waals surface area contributed by atoms with Gasteiger partial charge in [-0.25, -0.2) is 4.72 Å². The first-order valence-corrected chi connectivity index (χ1v) is 21.2. The summed E-state index contributed by atoms with van der Waals surface area (Å²) in [5.74, 6) is -0.00210. The summed E-state index contributed by atoms with van der Waals surface area (Å²) in [5.41, 5.74) is 6.20. The summed E-state index contributed by atoms with van der Waals surface area (Å²) in [4.78, 5) is 33.6. The van der Waals surface area contributed by atoms with Gasteiger partial charge in [0.2, 0.25) is 5.91 Å². The Morgan fingerprint density at radius 1 is 1.06 bits per heavy atom. The molecule has 1 aromatic carbocycles. The van der Waals surface area contributed by atoms with Crippen molar-refractivity contribution in [3.8, 4) is 5.75 Å². The van der Waals surface area contributed by atoms with Crippen LogP contribution in [0, 0.1) is 16.7 Å². The Morgan fingerprint density at radius 3 is 2.48 bits per heavy atom. The van der Waals surface area contributed by atoms with Crippen LogP contribution in [0.1, 0.15) is 68.5 Å². The highest BCUT2D eigenvalue weighted by Crippen LogP contribution is 2.58. The number of amides is 2. The van der Waals surface area contributed by atoms with Crippen LogP contribution >= 0.6 is 0 Å². The molecule has 2 unspecified atom stereocenters. The fraction of sp³-hybridized carbons (Fsp3) is 0.610. The van der Waals surface area contributed by atoms with E-state index in [2.05, 4.69) is 49.4 Å². The zero-order valence-electron chi connectivity index (χ0n) is 32.0. The second kappa shape index (κ2) is 13.3. The average Bonchev–Trinajstić information content (AvgIpc) is 3.30. The Labute approximate surface area is 318 Å². The Morgan fingerprint density at radius 2 is 1.80 bits per heavy atom. The standard InChI is InChI=1S/C41H53N5O7S/c1-5-52-17-16-44-20-40-22-45(23-41(40,21-44)25-53-24-40)39(48)29-13-9-12-28-34(29)32-18-30-33(51-4)15-14-27(26-10-7-6-8-11-26)37(30)46(32)19-31-35(28)36(31)38(47)42-54(49,50)43(2)3/h9,12,14-15,18,26,29,34H,5-8,10-11,13,16-17,19-25H2,1-4H3,(H,42,47)/t29-,34-,40?,41?/m1/s1. The molecule has 3 aliphatic carbocycles. The van der Waals surface area contributed by atoms with E-state index >= 15 is 4.79 Å². The zero-order valence-corrected chi connectivity index (χ0v) is 32.8.